The highest BCUT2D eigenvalue weighted by molar-refractivity contribution is 5.90. The lowest BCUT2D eigenvalue weighted by molar-refractivity contribution is -0.170. The molecule has 0 aliphatic carbocycles. The highest BCUT2D eigenvalue weighted by atomic mass is 16.6. The van der Waals surface area contributed by atoms with Gasteiger partial charge in [0.1, 0.15) is 30.0 Å². The molecule has 7 N–H and O–H groups in total. The number of nitrogens with zero attached hydrogens (tertiary/aromatic N) is 1. The minimum Gasteiger partial charge on any atom is -0.506 e. The van der Waals surface area contributed by atoms with Crippen molar-refractivity contribution in [2.75, 3.05) is 32.1 Å². The molecular weight excluding hydrogens is 863 g/mol. The van der Waals surface area contributed by atoms with Crippen LogP contribution in [0.15, 0.2) is 156 Å². The molecule has 6 aromatic carbocycles. The van der Waals surface area contributed by atoms with Gasteiger partial charge in [0, 0.05) is 73.6 Å². The van der Waals surface area contributed by atoms with Crippen LogP contribution in [0.1, 0.15) is 57.9 Å². The lowest BCUT2D eigenvalue weighted by Crippen LogP contribution is -2.43. The predicted molar refractivity (Wildman–Crippen MR) is 259 cm³/mol. The van der Waals surface area contributed by atoms with Gasteiger partial charge in [-0.1, -0.05) is 109 Å². The van der Waals surface area contributed by atoms with Gasteiger partial charge in [-0.05, 0) is 71.0 Å². The molecule has 1 unspecified atom stereocenters. The highest BCUT2D eigenvalue weighted by Gasteiger charge is 2.43. The fourth-order valence-corrected chi connectivity index (χ4v) is 8.41. The summed E-state index contributed by atoms with van der Waals surface area (Å²) < 4.78 is 17.8. The topological polar surface area (TPSA) is 195 Å². The molecule has 7 aromatic rings. The first kappa shape index (κ1) is 47.0. The van der Waals surface area contributed by atoms with Gasteiger partial charge in [-0.3, -0.25) is 9.69 Å². The summed E-state index contributed by atoms with van der Waals surface area (Å²) in [4.78, 5) is 43.6. The smallest absolute Gasteiger partial charge is 0.347 e. The number of likely N-dealkylation sites (tertiary alicyclic amines) is 1. The second kappa shape index (κ2) is 21.9. The zero-order valence-corrected chi connectivity index (χ0v) is 37.7. The van der Waals surface area contributed by atoms with Crippen LogP contribution in [0, 0.1) is 0 Å². The molecular formula is C54H55N5O9. The minimum absolute atomic E-state index is 0.0783. The van der Waals surface area contributed by atoms with E-state index in [2.05, 4.69) is 38.0 Å². The van der Waals surface area contributed by atoms with Gasteiger partial charge >= 0.3 is 12.0 Å². The molecule has 1 aliphatic rings. The summed E-state index contributed by atoms with van der Waals surface area (Å²) in [7, 11) is 1.54. The number of anilines is 1. The van der Waals surface area contributed by atoms with E-state index in [1.165, 1.54) is 24.8 Å². The molecule has 68 heavy (non-hydrogen) atoms. The summed E-state index contributed by atoms with van der Waals surface area (Å²) in [5.41, 5.74) is 3.48. The van der Waals surface area contributed by atoms with E-state index in [0.29, 0.717) is 58.6 Å². The number of fused-ring (bicyclic) bond motifs is 1. The molecule has 0 radical (unpaired) electrons. The number of esters is 1. The fourth-order valence-electron chi connectivity index (χ4n) is 8.41. The largest absolute Gasteiger partial charge is 0.506 e. The molecule has 350 valence electrons. The van der Waals surface area contributed by atoms with Gasteiger partial charge in [-0.2, -0.15) is 0 Å². The molecule has 0 saturated carbocycles. The number of methoxy groups -OCH3 is 1. The van der Waals surface area contributed by atoms with Gasteiger partial charge < -0.3 is 50.5 Å². The number of carbonyl (C=O) groups is 2. The number of aromatic amines is 1. The predicted octanol–water partition coefficient (Wildman–Crippen LogP) is 7.41. The Kier molecular flexibility index (Phi) is 15.1. The van der Waals surface area contributed by atoms with Gasteiger partial charge in [0.2, 0.25) is 11.2 Å². The summed E-state index contributed by atoms with van der Waals surface area (Å²) in [5.74, 6) is 0.212. The van der Waals surface area contributed by atoms with E-state index >= 15 is 0 Å². The van der Waals surface area contributed by atoms with Crippen LogP contribution >= 0.6 is 0 Å². The van der Waals surface area contributed by atoms with E-state index in [-0.39, 0.29) is 42.6 Å². The maximum absolute atomic E-state index is 14.0. The number of pyridine rings is 1. The summed E-state index contributed by atoms with van der Waals surface area (Å²) in [6.07, 6.45) is 0.0987. The Hall–Kier alpha value is -7.49. The van der Waals surface area contributed by atoms with Crippen molar-refractivity contribution in [3.05, 3.63) is 201 Å². The van der Waals surface area contributed by atoms with E-state index in [0.717, 1.165) is 36.3 Å². The number of aliphatic hydroxyl groups excluding tert-OH is 1. The van der Waals surface area contributed by atoms with Crippen molar-refractivity contribution >= 4 is 28.6 Å². The number of piperidine rings is 1. The normalized spacial score (nSPS) is 14.4. The highest BCUT2D eigenvalue weighted by Crippen LogP contribution is 2.35. The minimum atomic E-state index is -2.05. The van der Waals surface area contributed by atoms with Crippen LogP contribution in [-0.2, 0) is 41.4 Å². The molecule has 0 bridgehead atoms. The fraction of sp³-hybridized carbons (Fsp3) is 0.241. The SMILES string of the molecule is COc1cc(NC(=O)NCc2ccc(COc3cccc(C(O)(C(=O)OC4CCN(Cc5ccccc5)CC4)c4ccccc4)c3)cc2)ccc1CNC[C@H](O)c1ccc(O)c2[nH]c(=O)ccc12. The zero-order chi connectivity index (χ0) is 47.5. The average molecular weight is 918 g/mol. The Morgan fingerprint density at radius 1 is 0.794 bits per heavy atom. The number of hydrogen-bond acceptors (Lipinski definition) is 11. The Morgan fingerprint density at radius 2 is 1.51 bits per heavy atom. The second-order valence-electron chi connectivity index (χ2n) is 16.8. The summed E-state index contributed by atoms with van der Waals surface area (Å²) in [5, 5.41) is 42.8. The molecule has 2 heterocycles. The monoisotopic (exact) mass is 917 g/mol. The number of rotatable bonds is 18. The molecule has 14 nitrogen and oxygen atoms in total. The number of hydrogen-bond donors (Lipinski definition) is 7. The molecule has 1 saturated heterocycles. The molecule has 2 atom stereocenters. The number of aliphatic hydroxyl groups is 2. The van der Waals surface area contributed by atoms with E-state index in [1.54, 1.807) is 72.8 Å². The van der Waals surface area contributed by atoms with E-state index in [1.807, 2.05) is 54.6 Å². The van der Waals surface area contributed by atoms with Crippen molar-refractivity contribution < 1.29 is 39.1 Å². The maximum atomic E-state index is 14.0. The van der Waals surface area contributed by atoms with Gasteiger partial charge in [0.25, 0.3) is 0 Å². The Labute approximate surface area is 394 Å². The number of phenols is 1. The molecule has 1 aliphatic heterocycles. The van der Waals surface area contributed by atoms with Crippen molar-refractivity contribution in [2.45, 2.75) is 56.9 Å². The lowest BCUT2D eigenvalue weighted by Gasteiger charge is -2.34. The standard InChI is InChI=1S/C54H55N5O9/c1-66-49-30-42(20-19-39(49)32-55-33-48(61)45-21-23-47(60)51-46(45)22-24-50(62)58-51)57-53(64)56-31-36-15-17-38(18-16-36)35-67-44-14-8-13-41(29-44)54(65,40-11-6-3-7-12-40)52(63)68-43-25-27-59(28-26-43)34-37-9-4-2-5-10-37/h2-24,29-30,43,48,55,60-61,65H,25-28,31-35H2,1H3,(H,58,62)(H2,56,57,64)/t48-,54?/m0/s1. The van der Waals surface area contributed by atoms with Gasteiger partial charge in [-0.25, -0.2) is 9.59 Å². The third-order valence-electron chi connectivity index (χ3n) is 12.1. The number of phenolic OH excluding ortho intramolecular Hbond substituents is 1. The van der Waals surface area contributed by atoms with Crippen molar-refractivity contribution in [1.29, 1.82) is 0 Å². The molecule has 14 heteroatoms. The number of nitrogens with one attached hydrogen (secondary N) is 4. The third-order valence-corrected chi connectivity index (χ3v) is 12.1. The molecule has 0 spiro atoms. The molecule has 8 rings (SSSR count). The van der Waals surface area contributed by atoms with Crippen LogP contribution in [0.3, 0.4) is 0 Å². The van der Waals surface area contributed by atoms with Crippen molar-refractivity contribution in [1.82, 2.24) is 20.5 Å². The Morgan fingerprint density at radius 3 is 2.26 bits per heavy atom. The second-order valence-corrected chi connectivity index (χ2v) is 16.8. The summed E-state index contributed by atoms with van der Waals surface area (Å²) >= 11 is 0. The molecule has 2 amide bonds. The molecule has 1 aromatic heterocycles. The average Bonchev–Trinajstić information content (AvgIpc) is 3.37. The number of amides is 2. The number of aromatic hydroxyl groups is 1. The van der Waals surface area contributed by atoms with Gasteiger partial charge in [0.15, 0.2) is 0 Å². The lowest BCUT2D eigenvalue weighted by atomic mass is 9.86. The van der Waals surface area contributed by atoms with E-state index in [4.69, 9.17) is 14.2 Å². The van der Waals surface area contributed by atoms with Crippen LogP contribution in [0.25, 0.3) is 10.9 Å². The van der Waals surface area contributed by atoms with Crippen LogP contribution in [0.5, 0.6) is 17.2 Å². The number of aromatic nitrogens is 1. The Bertz CT molecular complexity index is 2870. The van der Waals surface area contributed by atoms with Crippen LogP contribution < -0.4 is 31.0 Å². The first-order valence-corrected chi connectivity index (χ1v) is 22.6. The summed E-state index contributed by atoms with van der Waals surface area (Å²) in [6, 6.07) is 44.5. The number of carbonyl (C=O) groups excluding carboxylic acids is 2. The Balaban J connectivity index is 0.809. The number of ether oxygens (including phenoxy) is 3. The zero-order valence-electron chi connectivity index (χ0n) is 37.7. The molecule has 1 fully saturated rings. The van der Waals surface area contributed by atoms with Crippen LogP contribution in [0.2, 0.25) is 0 Å². The number of urea groups is 1. The number of benzene rings is 6. The maximum Gasteiger partial charge on any atom is 0.347 e. The van der Waals surface area contributed by atoms with Gasteiger partial charge in [-0.15, -0.1) is 0 Å². The van der Waals surface area contributed by atoms with Crippen molar-refractivity contribution in [2.24, 2.45) is 0 Å². The van der Waals surface area contributed by atoms with Crippen LogP contribution in [-0.4, -0.2) is 70.1 Å². The quantitative estimate of drug-likeness (QED) is 0.0424. The van der Waals surface area contributed by atoms with Crippen molar-refractivity contribution in [3.8, 4) is 17.2 Å². The summed E-state index contributed by atoms with van der Waals surface area (Å²) in [6.45, 7) is 3.43. The van der Waals surface area contributed by atoms with E-state index in [9.17, 15) is 29.7 Å². The first-order chi connectivity index (χ1) is 33.0. The first-order valence-electron chi connectivity index (χ1n) is 22.6. The van der Waals surface area contributed by atoms with Crippen LogP contribution in [0.4, 0.5) is 10.5 Å². The third kappa shape index (κ3) is 11.5. The number of H-pyrrole nitrogens is 1. The van der Waals surface area contributed by atoms with E-state index < -0.39 is 23.7 Å². The van der Waals surface area contributed by atoms with Gasteiger partial charge in [0.05, 0.1) is 18.7 Å². The van der Waals surface area contributed by atoms with Crippen molar-refractivity contribution in [3.63, 3.8) is 0 Å².